The van der Waals surface area contributed by atoms with Gasteiger partial charge >= 0.3 is 0 Å². The van der Waals surface area contributed by atoms with Crippen molar-refractivity contribution in [3.05, 3.63) is 35.4 Å². The molecule has 0 spiro atoms. The predicted molar refractivity (Wildman–Crippen MR) is 125 cm³/mol. The van der Waals surface area contributed by atoms with Crippen LogP contribution in [-0.2, 0) is 6.42 Å². The zero-order chi connectivity index (χ0) is 21.1. The fourth-order valence-electron chi connectivity index (χ4n) is 9.01. The molecule has 5 rings (SSSR count). The number of rotatable bonds is 3. The summed E-state index contributed by atoms with van der Waals surface area (Å²) in [6.07, 6.45) is 13.3. The summed E-state index contributed by atoms with van der Waals surface area (Å²) in [5.41, 5.74) is 3.09. The van der Waals surface area contributed by atoms with Gasteiger partial charge in [0.05, 0.1) is 0 Å². The number of benzene rings is 1. The first-order valence-electron chi connectivity index (χ1n) is 13.0. The average Bonchev–Trinajstić information content (AvgIpc) is 3.11. The second-order valence-corrected chi connectivity index (χ2v) is 12.1. The van der Waals surface area contributed by atoms with Crippen molar-refractivity contribution in [1.82, 2.24) is 0 Å². The largest absolute Gasteiger partial charge is 0.294 e. The summed E-state index contributed by atoms with van der Waals surface area (Å²) in [4.78, 5) is 13.6. The molecule has 8 unspecified atom stereocenters. The summed E-state index contributed by atoms with van der Waals surface area (Å²) < 4.78 is 0. The second-order valence-electron chi connectivity index (χ2n) is 12.1. The van der Waals surface area contributed by atoms with Crippen LogP contribution in [0.25, 0.3) is 0 Å². The molecule has 0 aliphatic heterocycles. The highest BCUT2D eigenvalue weighted by atomic mass is 16.1. The van der Waals surface area contributed by atoms with E-state index in [1.165, 1.54) is 56.9 Å². The van der Waals surface area contributed by atoms with E-state index in [9.17, 15) is 4.79 Å². The van der Waals surface area contributed by atoms with Crippen LogP contribution in [0, 0.1) is 46.3 Å². The van der Waals surface area contributed by atoms with Crippen LogP contribution in [0.1, 0.15) is 101 Å². The predicted octanol–water partition coefficient (Wildman–Crippen LogP) is 7.73. The SMILES string of the molecule is CCc1ccc(C(=O)C2CCC3C4CCC5CC(C)CCC5(C)C4CCC23C)cc1. The molecule has 0 aromatic heterocycles. The molecule has 8 atom stereocenters. The minimum atomic E-state index is 0.229. The Morgan fingerprint density at radius 3 is 2.33 bits per heavy atom. The summed E-state index contributed by atoms with van der Waals surface area (Å²) >= 11 is 0. The Hall–Kier alpha value is -1.11. The minimum Gasteiger partial charge on any atom is -0.294 e. The number of ketones is 1. The second kappa shape index (κ2) is 7.49. The Bertz CT molecular complexity index is 793. The molecule has 1 aromatic rings. The Kier molecular flexibility index (Phi) is 5.19. The van der Waals surface area contributed by atoms with E-state index in [2.05, 4.69) is 52.0 Å². The number of fused-ring (bicyclic) bond motifs is 5. The number of carbonyl (C=O) groups is 1. The molecule has 0 saturated heterocycles. The van der Waals surface area contributed by atoms with Crippen LogP contribution in [0.4, 0.5) is 0 Å². The smallest absolute Gasteiger partial charge is 0.166 e. The molecule has 164 valence electrons. The molecule has 0 bridgehead atoms. The van der Waals surface area contributed by atoms with Crippen molar-refractivity contribution in [3.8, 4) is 0 Å². The third-order valence-corrected chi connectivity index (χ3v) is 10.9. The number of hydrogen-bond donors (Lipinski definition) is 0. The van der Waals surface area contributed by atoms with Gasteiger partial charge in [-0.15, -0.1) is 0 Å². The van der Waals surface area contributed by atoms with Gasteiger partial charge < -0.3 is 0 Å². The van der Waals surface area contributed by atoms with Gasteiger partial charge in [-0.3, -0.25) is 4.79 Å². The van der Waals surface area contributed by atoms with Crippen LogP contribution in [0.3, 0.4) is 0 Å². The molecule has 4 aliphatic carbocycles. The van der Waals surface area contributed by atoms with Crippen molar-refractivity contribution < 1.29 is 4.79 Å². The van der Waals surface area contributed by atoms with Crippen LogP contribution in [0.5, 0.6) is 0 Å². The molecule has 0 radical (unpaired) electrons. The van der Waals surface area contributed by atoms with E-state index < -0.39 is 0 Å². The Labute approximate surface area is 184 Å². The molecule has 30 heavy (non-hydrogen) atoms. The van der Waals surface area contributed by atoms with E-state index in [1.54, 1.807) is 0 Å². The van der Waals surface area contributed by atoms with E-state index in [0.717, 1.165) is 48.0 Å². The van der Waals surface area contributed by atoms with Crippen molar-refractivity contribution >= 4 is 5.78 Å². The lowest BCUT2D eigenvalue weighted by Gasteiger charge is -2.61. The van der Waals surface area contributed by atoms with Crippen LogP contribution in [0.2, 0.25) is 0 Å². The molecule has 4 fully saturated rings. The fraction of sp³-hybridized carbons (Fsp3) is 0.759. The number of hydrogen-bond acceptors (Lipinski definition) is 1. The van der Waals surface area contributed by atoms with E-state index >= 15 is 0 Å². The molecule has 1 nitrogen and oxygen atoms in total. The highest BCUT2D eigenvalue weighted by Crippen LogP contribution is 2.68. The van der Waals surface area contributed by atoms with Crippen LogP contribution in [0.15, 0.2) is 24.3 Å². The van der Waals surface area contributed by atoms with Gasteiger partial charge in [0.2, 0.25) is 0 Å². The maximum atomic E-state index is 13.6. The van der Waals surface area contributed by atoms with Gasteiger partial charge in [0.15, 0.2) is 5.78 Å². The van der Waals surface area contributed by atoms with E-state index in [1.807, 2.05) is 0 Å². The third kappa shape index (κ3) is 3.05. The van der Waals surface area contributed by atoms with Gasteiger partial charge in [-0.2, -0.15) is 0 Å². The van der Waals surface area contributed by atoms with E-state index in [4.69, 9.17) is 0 Å². The van der Waals surface area contributed by atoms with Gasteiger partial charge in [-0.25, -0.2) is 0 Å². The lowest BCUT2D eigenvalue weighted by atomic mass is 9.44. The molecular formula is C29H42O. The van der Waals surface area contributed by atoms with E-state index in [-0.39, 0.29) is 11.3 Å². The Balaban J connectivity index is 1.38. The van der Waals surface area contributed by atoms with Crippen molar-refractivity contribution in [2.45, 2.75) is 91.9 Å². The Morgan fingerprint density at radius 2 is 1.60 bits per heavy atom. The zero-order valence-corrected chi connectivity index (χ0v) is 19.8. The van der Waals surface area contributed by atoms with Crippen LogP contribution in [-0.4, -0.2) is 5.78 Å². The number of aryl methyl sites for hydroxylation is 1. The molecule has 0 heterocycles. The topological polar surface area (TPSA) is 17.1 Å². The Morgan fingerprint density at radius 1 is 0.900 bits per heavy atom. The molecule has 4 aliphatic rings. The lowest BCUT2D eigenvalue weighted by molar-refractivity contribution is -0.114. The first-order valence-corrected chi connectivity index (χ1v) is 13.0. The van der Waals surface area contributed by atoms with Crippen molar-refractivity contribution in [3.63, 3.8) is 0 Å². The molecule has 0 amide bonds. The zero-order valence-electron chi connectivity index (χ0n) is 19.8. The van der Waals surface area contributed by atoms with Gasteiger partial charge in [0.1, 0.15) is 0 Å². The van der Waals surface area contributed by atoms with Gasteiger partial charge in [-0.05, 0) is 104 Å². The summed E-state index contributed by atoms with van der Waals surface area (Å²) in [5.74, 6) is 5.14. The van der Waals surface area contributed by atoms with Gasteiger partial charge in [0, 0.05) is 11.5 Å². The monoisotopic (exact) mass is 406 g/mol. The molecule has 1 heteroatoms. The normalized spacial score (nSPS) is 45.3. The van der Waals surface area contributed by atoms with E-state index in [0.29, 0.717) is 11.2 Å². The molecule has 4 saturated carbocycles. The fourth-order valence-corrected chi connectivity index (χ4v) is 9.01. The summed E-state index contributed by atoms with van der Waals surface area (Å²) in [5, 5.41) is 0. The van der Waals surface area contributed by atoms with Gasteiger partial charge in [0.25, 0.3) is 0 Å². The maximum Gasteiger partial charge on any atom is 0.166 e. The average molecular weight is 407 g/mol. The summed E-state index contributed by atoms with van der Waals surface area (Å²) in [6.45, 7) is 9.82. The highest BCUT2D eigenvalue weighted by Gasteiger charge is 2.61. The van der Waals surface area contributed by atoms with Crippen LogP contribution >= 0.6 is 0 Å². The quantitative estimate of drug-likeness (QED) is 0.469. The van der Waals surface area contributed by atoms with Crippen molar-refractivity contribution in [2.75, 3.05) is 0 Å². The molecule has 1 aromatic carbocycles. The first-order chi connectivity index (χ1) is 14.4. The maximum absolute atomic E-state index is 13.6. The molecular weight excluding hydrogens is 364 g/mol. The minimum absolute atomic E-state index is 0.229. The summed E-state index contributed by atoms with van der Waals surface area (Å²) in [7, 11) is 0. The number of carbonyl (C=O) groups excluding carboxylic acids is 1. The lowest BCUT2D eigenvalue weighted by Crippen LogP contribution is -2.53. The highest BCUT2D eigenvalue weighted by molar-refractivity contribution is 5.98. The molecule has 0 N–H and O–H groups in total. The van der Waals surface area contributed by atoms with Crippen molar-refractivity contribution in [1.29, 1.82) is 0 Å². The van der Waals surface area contributed by atoms with Gasteiger partial charge in [-0.1, -0.05) is 58.4 Å². The number of Topliss-reactive ketones (excluding diaryl/α,β-unsaturated/α-hetero) is 1. The first kappa shape index (κ1) is 20.8. The van der Waals surface area contributed by atoms with Crippen LogP contribution < -0.4 is 0 Å². The summed E-state index contributed by atoms with van der Waals surface area (Å²) in [6, 6.07) is 8.51. The standard InChI is InChI=1S/C29H42O/c1-5-20-6-8-21(9-7-20)27(30)26-13-12-24-23-11-10-22-18-19(2)14-16-28(22,3)25(23)15-17-29(24,26)4/h6-9,19,22-26H,5,10-18H2,1-4H3. The van der Waals surface area contributed by atoms with Crippen molar-refractivity contribution in [2.24, 2.45) is 46.3 Å². The third-order valence-electron chi connectivity index (χ3n) is 10.9.